The lowest BCUT2D eigenvalue weighted by atomic mass is 10.2. The first-order valence-corrected chi connectivity index (χ1v) is 4.81. The first kappa shape index (κ1) is 8.48. The van der Waals surface area contributed by atoms with Crippen molar-refractivity contribution in [3.8, 4) is 0 Å². The number of hydrogen-bond acceptors (Lipinski definition) is 3. The van der Waals surface area contributed by atoms with Gasteiger partial charge in [-0.25, -0.2) is 0 Å². The monoisotopic (exact) mass is 171 g/mol. The summed E-state index contributed by atoms with van der Waals surface area (Å²) in [4.78, 5) is 2.40. The number of aliphatic hydroxyl groups excluding tert-OH is 2. The van der Waals surface area contributed by atoms with Gasteiger partial charge in [0.2, 0.25) is 0 Å². The fourth-order valence-electron chi connectivity index (χ4n) is 2.48. The highest BCUT2D eigenvalue weighted by atomic mass is 16.3. The van der Waals surface area contributed by atoms with Crippen LogP contribution in [0.25, 0.3) is 0 Å². The van der Waals surface area contributed by atoms with Gasteiger partial charge in [0, 0.05) is 32.8 Å². The molecular weight excluding hydrogens is 154 g/mol. The Morgan fingerprint density at radius 1 is 1.17 bits per heavy atom. The maximum atomic E-state index is 8.92. The van der Waals surface area contributed by atoms with Gasteiger partial charge in [-0.1, -0.05) is 0 Å². The molecule has 0 aromatic rings. The molecule has 2 rings (SSSR count). The van der Waals surface area contributed by atoms with Crippen molar-refractivity contribution in [1.82, 2.24) is 4.90 Å². The molecule has 1 aliphatic carbocycles. The van der Waals surface area contributed by atoms with E-state index in [-0.39, 0.29) is 0 Å². The third-order valence-electron chi connectivity index (χ3n) is 3.29. The SMILES string of the molecule is OCCCN1CC2C(CO)C2C1. The highest BCUT2D eigenvalue weighted by Crippen LogP contribution is 2.51. The van der Waals surface area contributed by atoms with Crippen molar-refractivity contribution in [2.45, 2.75) is 6.42 Å². The van der Waals surface area contributed by atoms with Gasteiger partial charge in [-0.3, -0.25) is 0 Å². The first-order valence-electron chi connectivity index (χ1n) is 4.81. The number of piperidine rings is 1. The molecule has 0 amide bonds. The summed E-state index contributed by atoms with van der Waals surface area (Å²) in [5, 5.41) is 17.6. The molecule has 1 saturated carbocycles. The highest BCUT2D eigenvalue weighted by Gasteiger charge is 2.54. The molecule has 0 aromatic heterocycles. The third kappa shape index (κ3) is 1.37. The molecule has 1 aliphatic heterocycles. The van der Waals surface area contributed by atoms with Gasteiger partial charge in [-0.05, 0) is 24.2 Å². The summed E-state index contributed by atoms with van der Waals surface area (Å²) < 4.78 is 0. The van der Waals surface area contributed by atoms with E-state index >= 15 is 0 Å². The molecule has 0 bridgehead atoms. The van der Waals surface area contributed by atoms with Crippen LogP contribution in [0.2, 0.25) is 0 Å². The molecule has 12 heavy (non-hydrogen) atoms. The summed E-state index contributed by atoms with van der Waals surface area (Å²) in [5.74, 6) is 2.15. The van der Waals surface area contributed by atoms with E-state index in [4.69, 9.17) is 10.2 Å². The minimum Gasteiger partial charge on any atom is -0.396 e. The molecule has 3 nitrogen and oxygen atoms in total. The summed E-state index contributed by atoms with van der Waals surface area (Å²) in [5.41, 5.74) is 0. The smallest absolute Gasteiger partial charge is 0.0465 e. The number of nitrogens with zero attached hydrogens (tertiary/aromatic N) is 1. The van der Waals surface area contributed by atoms with Crippen molar-refractivity contribution < 1.29 is 10.2 Å². The van der Waals surface area contributed by atoms with Crippen LogP contribution in [0.3, 0.4) is 0 Å². The quantitative estimate of drug-likeness (QED) is 0.601. The van der Waals surface area contributed by atoms with E-state index in [0.717, 1.165) is 37.9 Å². The highest BCUT2D eigenvalue weighted by molar-refractivity contribution is 5.04. The van der Waals surface area contributed by atoms with Crippen molar-refractivity contribution in [3.63, 3.8) is 0 Å². The van der Waals surface area contributed by atoms with E-state index < -0.39 is 0 Å². The number of hydrogen-bond donors (Lipinski definition) is 2. The maximum Gasteiger partial charge on any atom is 0.0465 e. The summed E-state index contributed by atoms with van der Waals surface area (Å²) in [6, 6.07) is 0. The average Bonchev–Trinajstić information content (AvgIpc) is 2.56. The zero-order valence-electron chi connectivity index (χ0n) is 7.32. The molecule has 0 aromatic carbocycles. The van der Waals surface area contributed by atoms with Crippen LogP contribution in [0, 0.1) is 17.8 Å². The number of likely N-dealkylation sites (tertiary alicyclic amines) is 1. The lowest BCUT2D eigenvalue weighted by molar-refractivity contribution is 0.204. The van der Waals surface area contributed by atoms with Crippen LogP contribution < -0.4 is 0 Å². The molecule has 1 saturated heterocycles. The van der Waals surface area contributed by atoms with Gasteiger partial charge in [-0.2, -0.15) is 0 Å². The summed E-state index contributed by atoms with van der Waals surface area (Å²) in [7, 11) is 0. The Hall–Kier alpha value is -0.120. The Morgan fingerprint density at radius 2 is 1.83 bits per heavy atom. The van der Waals surface area contributed by atoms with Crippen LogP contribution in [-0.2, 0) is 0 Å². The maximum absolute atomic E-state index is 8.92. The van der Waals surface area contributed by atoms with E-state index in [9.17, 15) is 0 Å². The number of aliphatic hydroxyl groups is 2. The number of fused-ring (bicyclic) bond motifs is 1. The van der Waals surface area contributed by atoms with E-state index in [1.54, 1.807) is 0 Å². The van der Waals surface area contributed by atoms with Crippen molar-refractivity contribution in [1.29, 1.82) is 0 Å². The first-order chi connectivity index (χ1) is 5.86. The summed E-state index contributed by atoms with van der Waals surface area (Å²) in [6.45, 7) is 4.01. The largest absolute Gasteiger partial charge is 0.396 e. The Bertz CT molecular complexity index is 151. The molecule has 70 valence electrons. The van der Waals surface area contributed by atoms with E-state index in [1.807, 2.05) is 0 Å². The number of rotatable bonds is 4. The van der Waals surface area contributed by atoms with E-state index in [0.29, 0.717) is 19.1 Å². The fourth-order valence-corrected chi connectivity index (χ4v) is 2.48. The second-order valence-corrected chi connectivity index (χ2v) is 4.01. The van der Waals surface area contributed by atoms with Gasteiger partial charge >= 0.3 is 0 Å². The van der Waals surface area contributed by atoms with Gasteiger partial charge in [0.05, 0.1) is 0 Å². The standard InChI is InChI=1S/C9H17NO2/c11-3-1-2-10-4-7-8(5-10)9(7)6-12/h7-9,11-12H,1-6H2. The topological polar surface area (TPSA) is 43.7 Å². The van der Waals surface area contributed by atoms with Gasteiger partial charge in [0.25, 0.3) is 0 Å². The van der Waals surface area contributed by atoms with Crippen LogP contribution in [-0.4, -0.2) is 48.0 Å². The molecule has 0 spiro atoms. The second kappa shape index (κ2) is 3.32. The molecule has 0 radical (unpaired) electrons. The Kier molecular flexibility index (Phi) is 2.35. The van der Waals surface area contributed by atoms with Crippen LogP contribution in [0.4, 0.5) is 0 Å². The third-order valence-corrected chi connectivity index (χ3v) is 3.29. The minimum absolute atomic E-state index is 0.301. The molecule has 2 atom stereocenters. The van der Waals surface area contributed by atoms with Crippen molar-refractivity contribution in [3.05, 3.63) is 0 Å². The van der Waals surface area contributed by atoms with Crippen molar-refractivity contribution >= 4 is 0 Å². The summed E-state index contributed by atoms with van der Waals surface area (Å²) in [6.07, 6.45) is 0.892. The zero-order chi connectivity index (χ0) is 8.55. The van der Waals surface area contributed by atoms with Crippen LogP contribution >= 0.6 is 0 Å². The summed E-state index contributed by atoms with van der Waals surface area (Å²) >= 11 is 0. The van der Waals surface area contributed by atoms with Gasteiger partial charge in [0.15, 0.2) is 0 Å². The Labute approximate surface area is 73.0 Å². The van der Waals surface area contributed by atoms with Crippen LogP contribution in [0.5, 0.6) is 0 Å². The van der Waals surface area contributed by atoms with E-state index in [2.05, 4.69) is 4.90 Å². The predicted octanol–water partition coefficient (Wildman–Crippen LogP) is -0.461. The van der Waals surface area contributed by atoms with Gasteiger partial charge < -0.3 is 15.1 Å². The van der Waals surface area contributed by atoms with Crippen molar-refractivity contribution in [2.75, 3.05) is 32.8 Å². The molecule has 2 fully saturated rings. The normalized spacial score (nSPS) is 40.0. The van der Waals surface area contributed by atoms with Crippen LogP contribution in [0.1, 0.15) is 6.42 Å². The zero-order valence-corrected chi connectivity index (χ0v) is 7.32. The molecule has 2 unspecified atom stereocenters. The predicted molar refractivity (Wildman–Crippen MR) is 45.7 cm³/mol. The van der Waals surface area contributed by atoms with E-state index in [1.165, 1.54) is 0 Å². The van der Waals surface area contributed by atoms with Gasteiger partial charge in [0.1, 0.15) is 0 Å². The molecule has 1 heterocycles. The minimum atomic E-state index is 0.301. The van der Waals surface area contributed by atoms with Gasteiger partial charge in [-0.15, -0.1) is 0 Å². The molecule has 3 heteroatoms. The second-order valence-electron chi connectivity index (χ2n) is 4.01. The Balaban J connectivity index is 1.68. The lowest BCUT2D eigenvalue weighted by Crippen LogP contribution is -2.26. The molecule has 2 aliphatic rings. The van der Waals surface area contributed by atoms with Crippen molar-refractivity contribution in [2.24, 2.45) is 17.8 Å². The van der Waals surface area contributed by atoms with Crippen LogP contribution in [0.15, 0.2) is 0 Å². The molecule has 2 N–H and O–H groups in total. The lowest BCUT2D eigenvalue weighted by Gasteiger charge is -2.17. The molecular formula is C9H17NO2. The Morgan fingerprint density at radius 3 is 2.33 bits per heavy atom. The fraction of sp³-hybridized carbons (Fsp3) is 1.00. The average molecular weight is 171 g/mol.